The molecule has 2 N–H and O–H groups in total. The summed E-state index contributed by atoms with van der Waals surface area (Å²) in [7, 11) is -3.49. The van der Waals surface area contributed by atoms with E-state index in [-0.39, 0.29) is 10.8 Å². The van der Waals surface area contributed by atoms with E-state index < -0.39 is 10.0 Å². The van der Waals surface area contributed by atoms with Crippen LogP contribution in [0.2, 0.25) is 0 Å². The molecule has 0 spiro atoms. The molecule has 0 saturated carbocycles. The van der Waals surface area contributed by atoms with Crippen molar-refractivity contribution in [2.45, 2.75) is 18.2 Å². The zero-order valence-electron chi connectivity index (χ0n) is 12.5. The van der Waals surface area contributed by atoms with Gasteiger partial charge in [0.25, 0.3) is 5.91 Å². The van der Waals surface area contributed by atoms with Gasteiger partial charge in [-0.1, -0.05) is 6.92 Å². The van der Waals surface area contributed by atoms with E-state index in [1.165, 1.54) is 12.1 Å². The number of carbonyl (C=O) groups is 1. The Kier molecular flexibility index (Phi) is 6.14. The molecule has 2 aromatic rings. The number of hydrogen-bond donors (Lipinski definition) is 2. The van der Waals surface area contributed by atoms with Gasteiger partial charge in [-0.15, -0.1) is 0 Å². The van der Waals surface area contributed by atoms with E-state index in [1.807, 2.05) is 19.1 Å². The number of hydrogen-bond acceptors (Lipinski definition) is 3. The first-order valence-electron chi connectivity index (χ1n) is 7.09. The average Bonchev–Trinajstić information content (AvgIpc) is 2.54. The van der Waals surface area contributed by atoms with E-state index in [2.05, 4.69) is 32.6 Å². The quantitative estimate of drug-likeness (QED) is 0.672. The van der Waals surface area contributed by atoms with Crippen molar-refractivity contribution in [2.75, 3.05) is 11.9 Å². The van der Waals surface area contributed by atoms with Crippen LogP contribution in [0, 0.1) is 3.57 Å². The van der Waals surface area contributed by atoms with Crippen LogP contribution in [-0.4, -0.2) is 20.9 Å². The summed E-state index contributed by atoms with van der Waals surface area (Å²) in [5.41, 5.74) is 1.09. The number of rotatable bonds is 6. The number of sulfonamides is 1. The summed E-state index contributed by atoms with van der Waals surface area (Å²) in [5.74, 6) is -0.235. The van der Waals surface area contributed by atoms with Crippen LogP contribution in [0.5, 0.6) is 0 Å². The Labute approximate surface area is 149 Å². The van der Waals surface area contributed by atoms with Crippen molar-refractivity contribution in [3.05, 3.63) is 57.7 Å². The maximum Gasteiger partial charge on any atom is 0.255 e. The van der Waals surface area contributed by atoms with Gasteiger partial charge in [0.15, 0.2) is 0 Å². The van der Waals surface area contributed by atoms with Gasteiger partial charge in [-0.05, 0) is 77.5 Å². The summed E-state index contributed by atoms with van der Waals surface area (Å²) < 4.78 is 27.5. The lowest BCUT2D eigenvalue weighted by molar-refractivity contribution is 0.102. The summed E-state index contributed by atoms with van der Waals surface area (Å²) in [5, 5.41) is 2.74. The number of benzene rings is 2. The topological polar surface area (TPSA) is 75.3 Å². The van der Waals surface area contributed by atoms with E-state index in [1.54, 1.807) is 24.3 Å². The number of carbonyl (C=O) groups excluding carboxylic acids is 1. The Morgan fingerprint density at radius 2 is 1.65 bits per heavy atom. The maximum absolute atomic E-state index is 12.1. The third-order valence-electron chi connectivity index (χ3n) is 3.07. The molecular formula is C16H17IN2O3S. The molecule has 2 rings (SSSR count). The fourth-order valence-electron chi connectivity index (χ4n) is 1.84. The molecule has 0 bridgehead atoms. The number of halogens is 1. The molecule has 0 aromatic heterocycles. The fraction of sp³-hybridized carbons (Fsp3) is 0.188. The van der Waals surface area contributed by atoms with Gasteiger partial charge in [-0.2, -0.15) is 0 Å². The second-order valence-electron chi connectivity index (χ2n) is 4.88. The first kappa shape index (κ1) is 17.9. The predicted molar refractivity (Wildman–Crippen MR) is 99.0 cm³/mol. The molecule has 0 unspecified atom stereocenters. The van der Waals surface area contributed by atoms with Crippen LogP contribution in [0.4, 0.5) is 5.69 Å². The molecule has 0 fully saturated rings. The van der Waals surface area contributed by atoms with Gasteiger partial charge in [-0.3, -0.25) is 4.79 Å². The van der Waals surface area contributed by atoms with Crippen molar-refractivity contribution in [2.24, 2.45) is 0 Å². The largest absolute Gasteiger partial charge is 0.322 e. The minimum absolute atomic E-state index is 0.179. The fourth-order valence-corrected chi connectivity index (χ4v) is 3.34. The van der Waals surface area contributed by atoms with Crippen LogP contribution in [-0.2, 0) is 10.0 Å². The second-order valence-corrected chi connectivity index (χ2v) is 7.90. The standard InChI is InChI=1S/C16H17IN2O3S/c1-2-11-18-23(21,22)15-9-7-14(8-10-15)19-16(20)12-3-5-13(17)6-4-12/h3-10,18H,2,11H2,1H3,(H,19,20). The summed E-state index contributed by atoms with van der Waals surface area (Å²) >= 11 is 2.17. The van der Waals surface area contributed by atoms with E-state index >= 15 is 0 Å². The third kappa shape index (κ3) is 5.02. The summed E-state index contributed by atoms with van der Waals surface area (Å²) in [6, 6.07) is 13.3. The number of amides is 1. The highest BCUT2D eigenvalue weighted by Crippen LogP contribution is 2.15. The second kappa shape index (κ2) is 7.89. The van der Waals surface area contributed by atoms with E-state index in [9.17, 15) is 13.2 Å². The maximum atomic E-state index is 12.1. The van der Waals surface area contributed by atoms with E-state index in [4.69, 9.17) is 0 Å². The molecule has 0 aliphatic rings. The highest BCUT2D eigenvalue weighted by molar-refractivity contribution is 14.1. The molecule has 1 amide bonds. The molecule has 0 atom stereocenters. The molecule has 0 radical (unpaired) electrons. The Balaban J connectivity index is 2.08. The molecular weight excluding hydrogens is 427 g/mol. The van der Waals surface area contributed by atoms with E-state index in [0.717, 1.165) is 9.99 Å². The van der Waals surface area contributed by atoms with Crippen LogP contribution >= 0.6 is 22.6 Å². The van der Waals surface area contributed by atoms with Crippen molar-refractivity contribution in [3.8, 4) is 0 Å². The highest BCUT2D eigenvalue weighted by atomic mass is 127. The first-order valence-corrected chi connectivity index (χ1v) is 9.65. The van der Waals surface area contributed by atoms with Crippen LogP contribution in [0.15, 0.2) is 53.4 Å². The lowest BCUT2D eigenvalue weighted by Gasteiger charge is -2.08. The summed E-state index contributed by atoms with van der Waals surface area (Å²) in [6.07, 6.45) is 0.726. The van der Waals surface area contributed by atoms with Crippen LogP contribution in [0.3, 0.4) is 0 Å². The lowest BCUT2D eigenvalue weighted by Crippen LogP contribution is -2.24. The lowest BCUT2D eigenvalue weighted by atomic mass is 10.2. The minimum Gasteiger partial charge on any atom is -0.322 e. The molecule has 5 nitrogen and oxygen atoms in total. The van der Waals surface area contributed by atoms with Gasteiger partial charge in [0.2, 0.25) is 10.0 Å². The first-order chi connectivity index (χ1) is 10.9. The molecule has 0 aliphatic carbocycles. The van der Waals surface area contributed by atoms with E-state index in [0.29, 0.717) is 17.8 Å². The van der Waals surface area contributed by atoms with Gasteiger partial charge in [0.1, 0.15) is 0 Å². The minimum atomic E-state index is -3.49. The molecule has 122 valence electrons. The Morgan fingerprint density at radius 3 is 2.22 bits per heavy atom. The Bertz CT molecular complexity index is 772. The molecule has 23 heavy (non-hydrogen) atoms. The van der Waals surface area contributed by atoms with Crippen molar-refractivity contribution in [3.63, 3.8) is 0 Å². The molecule has 0 saturated heterocycles. The van der Waals surface area contributed by atoms with Crippen LogP contribution < -0.4 is 10.0 Å². The average molecular weight is 444 g/mol. The van der Waals surface area contributed by atoms with Gasteiger partial charge in [-0.25, -0.2) is 13.1 Å². The number of nitrogens with one attached hydrogen (secondary N) is 2. The Morgan fingerprint density at radius 1 is 1.04 bits per heavy atom. The van der Waals surface area contributed by atoms with Gasteiger partial charge < -0.3 is 5.32 Å². The van der Waals surface area contributed by atoms with Crippen LogP contribution in [0.1, 0.15) is 23.7 Å². The number of anilines is 1. The summed E-state index contributed by atoms with van der Waals surface area (Å²) in [4.78, 5) is 12.3. The Hall–Kier alpha value is -1.45. The van der Waals surface area contributed by atoms with Crippen molar-refractivity contribution >= 4 is 44.2 Å². The monoisotopic (exact) mass is 444 g/mol. The molecule has 0 aliphatic heterocycles. The molecule has 7 heteroatoms. The third-order valence-corrected chi connectivity index (χ3v) is 5.27. The van der Waals surface area contributed by atoms with Crippen molar-refractivity contribution in [1.29, 1.82) is 0 Å². The normalized spacial score (nSPS) is 11.2. The van der Waals surface area contributed by atoms with Crippen molar-refractivity contribution < 1.29 is 13.2 Å². The predicted octanol–water partition coefficient (Wildman–Crippen LogP) is 3.23. The molecule has 0 heterocycles. The van der Waals surface area contributed by atoms with Crippen LogP contribution in [0.25, 0.3) is 0 Å². The zero-order valence-corrected chi connectivity index (χ0v) is 15.5. The van der Waals surface area contributed by atoms with Gasteiger partial charge >= 0.3 is 0 Å². The van der Waals surface area contributed by atoms with Gasteiger partial charge in [0.05, 0.1) is 4.90 Å². The zero-order chi connectivity index (χ0) is 16.9. The van der Waals surface area contributed by atoms with Crippen molar-refractivity contribution in [1.82, 2.24) is 4.72 Å². The SMILES string of the molecule is CCCNS(=O)(=O)c1ccc(NC(=O)c2ccc(I)cc2)cc1. The smallest absolute Gasteiger partial charge is 0.255 e. The summed E-state index contributed by atoms with van der Waals surface area (Å²) in [6.45, 7) is 2.29. The highest BCUT2D eigenvalue weighted by Gasteiger charge is 2.13. The van der Waals surface area contributed by atoms with Gasteiger partial charge in [0, 0.05) is 21.4 Å². The molecule has 2 aromatic carbocycles.